The lowest BCUT2D eigenvalue weighted by molar-refractivity contribution is 1.22. The van der Waals surface area contributed by atoms with Gasteiger partial charge in [-0.3, -0.25) is 0 Å². The molecule has 0 N–H and O–H groups in total. The molecule has 114 heavy (non-hydrogen) atoms. The second-order valence-electron chi connectivity index (χ2n) is 30.9. The van der Waals surface area contributed by atoms with Crippen molar-refractivity contribution in [2.45, 2.75) is 0 Å². The lowest BCUT2D eigenvalue weighted by Crippen LogP contribution is -2.68. The minimum absolute atomic E-state index is 0.339. The molecule has 0 atom stereocenters. The molecule has 8 nitrogen and oxygen atoms in total. The third kappa shape index (κ3) is 8.87. The first-order chi connectivity index (χ1) is 56.7. The van der Waals surface area contributed by atoms with Crippen LogP contribution in [0.2, 0.25) is 0 Å². The number of nitrogens with zero attached hydrogens (tertiary/aromatic N) is 8. The van der Waals surface area contributed by atoms with E-state index in [0.29, 0.717) is 0 Å². The monoisotopic (exact) mass is 1450 g/mol. The van der Waals surface area contributed by atoms with E-state index in [1.165, 1.54) is 88.6 Å². The maximum atomic E-state index is 2.73. The van der Waals surface area contributed by atoms with Crippen LogP contribution < -0.4 is 60.3 Å². The average molecular weight is 1450 g/mol. The molecule has 526 valence electrons. The predicted octanol–water partition coefficient (Wildman–Crippen LogP) is 23.0. The number of hydrogen-bond donors (Lipinski definition) is 0. The number of rotatable bonds is 10. The zero-order valence-corrected chi connectivity index (χ0v) is 62.0. The van der Waals surface area contributed by atoms with Crippen LogP contribution in [0.25, 0.3) is 89.0 Å². The molecule has 0 amide bonds. The second kappa shape index (κ2) is 24.4. The molecular formula is C102H66B4N8. The van der Waals surface area contributed by atoms with E-state index < -0.39 is 14.0 Å². The fraction of sp³-hybridized carbons (Fsp3) is 0. The van der Waals surface area contributed by atoms with Crippen LogP contribution in [0.3, 0.4) is 0 Å². The SMILES string of the molecule is c1ccc(-c2cc3c4c(c2)N(c2ccccc2)B2c5c(cc6c(c5-4)B(N(c4ccccc4)c4ccccc4-6)N3c3ccccc3)-c3cc4c(cc3N2c2ccccc2)N(c2ccccc2)B2c3c-4cc4c5c3-c3c(cc(-c6ccccc6)cc3N2c2ccccc2)N(c2ccccc2)B5N(c2ccccc2)c2ccccc2-4)cc1. The van der Waals surface area contributed by atoms with Gasteiger partial charge >= 0.3 is 27.9 Å². The van der Waals surface area contributed by atoms with Crippen LogP contribution in [0, 0.1) is 0 Å². The van der Waals surface area contributed by atoms with Gasteiger partial charge in [-0.15, -0.1) is 0 Å². The van der Waals surface area contributed by atoms with E-state index in [2.05, 4.69) is 439 Å². The predicted molar refractivity (Wildman–Crippen MR) is 480 cm³/mol. The van der Waals surface area contributed by atoms with Gasteiger partial charge in [-0.05, 0) is 235 Å². The lowest BCUT2D eigenvalue weighted by Gasteiger charge is -2.55. The summed E-state index contributed by atoms with van der Waals surface area (Å²) in [6.07, 6.45) is 0. The molecule has 25 rings (SSSR count). The third-order valence-corrected chi connectivity index (χ3v) is 25.1. The summed E-state index contributed by atoms with van der Waals surface area (Å²) in [6, 6.07) is 151. The zero-order valence-electron chi connectivity index (χ0n) is 62.0. The first-order valence-corrected chi connectivity index (χ1v) is 39.7. The van der Waals surface area contributed by atoms with E-state index in [0.717, 1.165) is 113 Å². The number of para-hydroxylation sites is 10. The van der Waals surface area contributed by atoms with Gasteiger partial charge < -0.3 is 38.5 Å². The van der Waals surface area contributed by atoms with Crippen molar-refractivity contribution in [3.05, 3.63) is 400 Å². The number of fused-ring (bicyclic) bond motifs is 8. The van der Waals surface area contributed by atoms with Gasteiger partial charge in [0.25, 0.3) is 0 Å². The minimum atomic E-state index is -0.434. The number of benzene rings is 17. The second-order valence-corrected chi connectivity index (χ2v) is 30.9. The standard InChI is InChI=1S/C102H66B4N8/c1-11-35-67(36-12-1)69-59-91-95-93(61-69)113(77-51-27-9-28-52-77)105-101-85(64-83-79-55-31-33-57-87(79)107(71-39-15-3-16-40-71)103(99(83)97(95)101)111(91)75-47-23-7-24-48-75)81-63-82-86-65-84-80-56-32-34-58-88(80)108(72-41-17-4-18-42-72)104-100(84)98-96-92(112(104)76-49-25-8-26-50-76)60-70(68-37-13-2-14-38-68)62-94(96)114(78-53-29-10-30-54-78)106(102(86)98)110(74-45-21-6-22-46-74)90(82)66-89(81)109(105)73-43-19-5-20-44-73/h1-66H. The first kappa shape index (κ1) is 63.2. The average Bonchev–Trinajstić information content (AvgIpc) is 0.691. The van der Waals surface area contributed by atoms with Gasteiger partial charge in [-0.25, -0.2) is 0 Å². The van der Waals surface area contributed by atoms with Crippen molar-refractivity contribution < 1.29 is 0 Å². The lowest BCUT2D eigenvalue weighted by atomic mass is 9.45. The van der Waals surface area contributed by atoms with Crippen LogP contribution in [0.1, 0.15) is 0 Å². The van der Waals surface area contributed by atoms with Gasteiger partial charge in [0.05, 0.1) is 0 Å². The summed E-state index contributed by atoms with van der Waals surface area (Å²) < 4.78 is 0. The highest BCUT2D eigenvalue weighted by Gasteiger charge is 2.59. The van der Waals surface area contributed by atoms with Crippen LogP contribution in [0.15, 0.2) is 400 Å². The molecule has 17 aromatic rings. The normalized spacial score (nSPS) is 14.1. The van der Waals surface area contributed by atoms with Crippen molar-refractivity contribution >= 4 is 141 Å². The van der Waals surface area contributed by atoms with Gasteiger partial charge in [0.1, 0.15) is 0 Å². The molecule has 0 radical (unpaired) electrons. The summed E-state index contributed by atoms with van der Waals surface area (Å²) in [6.45, 7) is -1.55. The summed E-state index contributed by atoms with van der Waals surface area (Å²) in [5, 5.41) is 0. The third-order valence-electron chi connectivity index (χ3n) is 25.1. The Morgan fingerprint density at radius 2 is 0.333 bits per heavy atom. The van der Waals surface area contributed by atoms with Crippen molar-refractivity contribution in [3.63, 3.8) is 0 Å². The molecule has 17 aromatic carbocycles. The first-order valence-electron chi connectivity index (χ1n) is 39.7. The molecule has 0 unspecified atom stereocenters. The molecule has 8 aliphatic rings. The van der Waals surface area contributed by atoms with Crippen molar-refractivity contribution in [2.24, 2.45) is 0 Å². The molecule has 0 bridgehead atoms. The highest BCUT2D eigenvalue weighted by molar-refractivity contribution is 6.94. The molecular weight excluding hydrogens is 1380 g/mol. The summed E-state index contributed by atoms with van der Waals surface area (Å²) in [7, 11) is 0. The van der Waals surface area contributed by atoms with Gasteiger partial charge in [-0.2, -0.15) is 0 Å². The Morgan fingerprint density at radius 3 is 0.596 bits per heavy atom. The Balaban J connectivity index is 0.859. The van der Waals surface area contributed by atoms with E-state index in [4.69, 9.17) is 0 Å². The summed E-state index contributed by atoms with van der Waals surface area (Å²) in [4.78, 5) is 21.5. The highest BCUT2D eigenvalue weighted by Crippen LogP contribution is 2.63. The molecule has 0 aliphatic carbocycles. The summed E-state index contributed by atoms with van der Waals surface area (Å²) in [5.74, 6) is 0. The van der Waals surface area contributed by atoms with Gasteiger partial charge in [0.2, 0.25) is 0 Å². The van der Waals surface area contributed by atoms with E-state index in [1.54, 1.807) is 0 Å². The molecule has 12 heteroatoms. The van der Waals surface area contributed by atoms with Gasteiger partial charge in [-0.1, -0.05) is 243 Å². The zero-order chi connectivity index (χ0) is 74.4. The van der Waals surface area contributed by atoms with Crippen LogP contribution in [-0.4, -0.2) is 27.9 Å². The Kier molecular flexibility index (Phi) is 13.6. The Hall–Kier alpha value is -14.6. The van der Waals surface area contributed by atoms with Crippen molar-refractivity contribution in [1.82, 2.24) is 0 Å². The molecule has 0 aromatic heterocycles. The highest BCUT2D eigenvalue weighted by atomic mass is 15.3. The van der Waals surface area contributed by atoms with Gasteiger partial charge in [0, 0.05) is 124 Å². The Morgan fingerprint density at radius 1 is 0.132 bits per heavy atom. The summed E-state index contributed by atoms with van der Waals surface area (Å²) in [5.41, 5.74) is 42.3. The number of anilines is 16. The van der Waals surface area contributed by atoms with E-state index in [-0.39, 0.29) is 14.0 Å². The van der Waals surface area contributed by atoms with Crippen LogP contribution in [0.5, 0.6) is 0 Å². The van der Waals surface area contributed by atoms with Crippen LogP contribution in [-0.2, 0) is 0 Å². The molecule has 0 fully saturated rings. The van der Waals surface area contributed by atoms with Crippen LogP contribution in [0.4, 0.5) is 91.0 Å². The van der Waals surface area contributed by atoms with E-state index >= 15 is 0 Å². The molecule has 8 aliphatic heterocycles. The minimum Gasteiger partial charge on any atom is -0.361 e. The smallest absolute Gasteiger partial charge is 0.361 e. The number of hydrogen-bond acceptors (Lipinski definition) is 8. The molecule has 0 saturated heterocycles. The molecule has 0 spiro atoms. The maximum absolute atomic E-state index is 2.73. The largest absolute Gasteiger partial charge is 0.421 e. The topological polar surface area (TPSA) is 25.9 Å². The van der Waals surface area contributed by atoms with Crippen molar-refractivity contribution in [1.29, 1.82) is 0 Å². The summed E-state index contributed by atoms with van der Waals surface area (Å²) >= 11 is 0. The molecule has 0 saturated carbocycles. The molecule has 8 heterocycles. The Labute approximate surface area is 664 Å². The fourth-order valence-corrected chi connectivity index (χ4v) is 20.8. The van der Waals surface area contributed by atoms with E-state index in [9.17, 15) is 0 Å². The fourth-order valence-electron chi connectivity index (χ4n) is 20.8. The van der Waals surface area contributed by atoms with Crippen molar-refractivity contribution in [2.75, 3.05) is 38.5 Å². The van der Waals surface area contributed by atoms with Gasteiger partial charge in [0.15, 0.2) is 0 Å². The van der Waals surface area contributed by atoms with Crippen LogP contribution >= 0.6 is 0 Å². The quantitative estimate of drug-likeness (QED) is 0.125. The van der Waals surface area contributed by atoms with Crippen molar-refractivity contribution in [3.8, 4) is 89.0 Å². The Bertz CT molecular complexity index is 6390. The maximum Gasteiger partial charge on any atom is 0.421 e. The van der Waals surface area contributed by atoms with E-state index in [1.807, 2.05) is 0 Å².